The van der Waals surface area contributed by atoms with Gasteiger partial charge < -0.3 is 11.1 Å². The van der Waals surface area contributed by atoms with Crippen molar-refractivity contribution < 1.29 is 9.18 Å². The molecule has 106 valence electrons. The molecule has 1 heterocycles. The Hall–Kier alpha value is -2.42. The normalized spacial score (nSPS) is 9.67. The molecule has 6 heteroatoms. The third-order valence-corrected chi connectivity index (χ3v) is 2.88. The molecule has 0 aliphatic rings. The fraction of sp³-hybridized carbons (Fsp3) is 0.0667. The first-order valence-electron chi connectivity index (χ1n) is 6.01. The number of nitrogens with zero attached hydrogens (tertiary/aromatic N) is 1. The predicted molar refractivity (Wildman–Crippen MR) is 79.5 cm³/mol. The summed E-state index contributed by atoms with van der Waals surface area (Å²) in [5, 5.41) is 2.72. The summed E-state index contributed by atoms with van der Waals surface area (Å²) in [7, 11) is 0. The van der Waals surface area contributed by atoms with Gasteiger partial charge >= 0.3 is 0 Å². The van der Waals surface area contributed by atoms with Crippen molar-refractivity contribution in [1.29, 1.82) is 0 Å². The van der Waals surface area contributed by atoms with Crippen LogP contribution in [0.25, 0.3) is 0 Å². The van der Waals surface area contributed by atoms with Crippen LogP contribution in [0.1, 0.15) is 15.9 Å². The Labute approximate surface area is 126 Å². The lowest BCUT2D eigenvalue weighted by Crippen LogP contribution is -2.14. The van der Waals surface area contributed by atoms with Crippen LogP contribution in [-0.4, -0.2) is 17.4 Å². The molecule has 2 aromatic rings. The molecule has 0 unspecified atom stereocenters. The highest BCUT2D eigenvalue weighted by atomic mass is 35.5. The Bertz CT molecular complexity index is 737. The second-order valence-corrected chi connectivity index (χ2v) is 4.41. The molecule has 21 heavy (non-hydrogen) atoms. The van der Waals surface area contributed by atoms with E-state index in [0.29, 0.717) is 16.8 Å². The van der Waals surface area contributed by atoms with E-state index in [1.54, 1.807) is 0 Å². The van der Waals surface area contributed by atoms with E-state index in [0.717, 1.165) is 6.07 Å². The van der Waals surface area contributed by atoms with Gasteiger partial charge in [-0.25, -0.2) is 4.39 Å². The molecule has 0 atom stereocenters. The maximum absolute atomic E-state index is 13.0. The lowest BCUT2D eigenvalue weighted by atomic mass is 10.1. The Kier molecular flexibility index (Phi) is 4.88. The zero-order valence-electron chi connectivity index (χ0n) is 10.9. The van der Waals surface area contributed by atoms with E-state index in [1.807, 2.05) is 0 Å². The van der Waals surface area contributed by atoms with E-state index in [2.05, 4.69) is 22.1 Å². The summed E-state index contributed by atoms with van der Waals surface area (Å²) >= 11 is 5.87. The highest BCUT2D eigenvalue weighted by Gasteiger charge is 2.12. The number of anilines is 1. The van der Waals surface area contributed by atoms with Gasteiger partial charge in [-0.3, -0.25) is 9.78 Å². The van der Waals surface area contributed by atoms with Crippen molar-refractivity contribution in [3.05, 3.63) is 58.6 Å². The van der Waals surface area contributed by atoms with Crippen molar-refractivity contribution in [2.75, 3.05) is 11.9 Å². The monoisotopic (exact) mass is 303 g/mol. The van der Waals surface area contributed by atoms with E-state index >= 15 is 0 Å². The Morgan fingerprint density at radius 1 is 1.43 bits per heavy atom. The standard InChI is InChI=1S/C15H11ClFN3O/c16-13-8-11(17)3-4-14(13)20-15(21)12-5-7-19-9-10(12)2-1-6-18/h3-5,7-9H,6,18H2,(H,20,21). The molecular weight excluding hydrogens is 293 g/mol. The lowest BCUT2D eigenvalue weighted by Gasteiger charge is -2.08. The largest absolute Gasteiger partial charge is 0.321 e. The van der Waals surface area contributed by atoms with E-state index in [4.69, 9.17) is 17.3 Å². The average molecular weight is 304 g/mol. The van der Waals surface area contributed by atoms with Gasteiger partial charge in [0.2, 0.25) is 0 Å². The first kappa shape index (κ1) is 15.0. The molecule has 0 fully saturated rings. The molecule has 0 saturated carbocycles. The minimum Gasteiger partial charge on any atom is -0.321 e. The molecule has 1 amide bonds. The van der Waals surface area contributed by atoms with Gasteiger partial charge in [0.05, 0.1) is 28.4 Å². The topological polar surface area (TPSA) is 68.0 Å². The van der Waals surface area contributed by atoms with E-state index in [9.17, 15) is 9.18 Å². The average Bonchev–Trinajstić information content (AvgIpc) is 2.48. The van der Waals surface area contributed by atoms with E-state index in [-0.39, 0.29) is 11.6 Å². The first-order chi connectivity index (χ1) is 10.1. The molecule has 0 aliphatic heterocycles. The van der Waals surface area contributed by atoms with Gasteiger partial charge in [-0.2, -0.15) is 0 Å². The smallest absolute Gasteiger partial charge is 0.257 e. The van der Waals surface area contributed by atoms with Gasteiger partial charge in [-0.05, 0) is 24.3 Å². The quantitative estimate of drug-likeness (QED) is 0.837. The zero-order chi connectivity index (χ0) is 15.2. The van der Waals surface area contributed by atoms with Crippen LogP contribution in [-0.2, 0) is 0 Å². The van der Waals surface area contributed by atoms with Crippen molar-refractivity contribution in [3.63, 3.8) is 0 Å². The summed E-state index contributed by atoms with van der Waals surface area (Å²) in [6, 6.07) is 5.26. The zero-order valence-corrected chi connectivity index (χ0v) is 11.6. The number of carbonyl (C=O) groups is 1. The first-order valence-corrected chi connectivity index (χ1v) is 6.39. The highest BCUT2D eigenvalue weighted by Crippen LogP contribution is 2.23. The Balaban J connectivity index is 2.28. The molecule has 1 aromatic heterocycles. The number of pyridine rings is 1. The Morgan fingerprint density at radius 3 is 2.95 bits per heavy atom. The third kappa shape index (κ3) is 3.78. The van der Waals surface area contributed by atoms with Crippen LogP contribution < -0.4 is 11.1 Å². The van der Waals surface area contributed by atoms with Crippen molar-refractivity contribution in [2.24, 2.45) is 5.73 Å². The predicted octanol–water partition coefficient (Wildman–Crippen LogP) is 2.44. The van der Waals surface area contributed by atoms with Crippen LogP contribution in [0, 0.1) is 17.7 Å². The van der Waals surface area contributed by atoms with Crippen LogP contribution >= 0.6 is 11.6 Å². The van der Waals surface area contributed by atoms with E-state index in [1.165, 1.54) is 30.6 Å². The number of rotatable bonds is 2. The molecule has 0 aliphatic carbocycles. The maximum atomic E-state index is 13.0. The summed E-state index contributed by atoms with van der Waals surface area (Å²) in [5.41, 5.74) is 6.43. The fourth-order valence-corrected chi connectivity index (χ4v) is 1.83. The van der Waals surface area contributed by atoms with Crippen LogP contribution in [0.3, 0.4) is 0 Å². The number of amides is 1. The van der Waals surface area contributed by atoms with Crippen molar-refractivity contribution in [2.45, 2.75) is 0 Å². The van der Waals surface area contributed by atoms with Crippen molar-refractivity contribution >= 4 is 23.2 Å². The minimum atomic E-state index is -0.476. The van der Waals surface area contributed by atoms with Crippen LogP contribution in [0.4, 0.5) is 10.1 Å². The van der Waals surface area contributed by atoms with Gasteiger partial charge in [-0.15, -0.1) is 0 Å². The number of nitrogens with two attached hydrogens (primary N) is 1. The Morgan fingerprint density at radius 2 is 2.24 bits per heavy atom. The lowest BCUT2D eigenvalue weighted by molar-refractivity contribution is 0.102. The molecule has 3 N–H and O–H groups in total. The summed E-state index contributed by atoms with van der Waals surface area (Å²) in [6.45, 7) is 0.180. The number of hydrogen-bond acceptors (Lipinski definition) is 3. The van der Waals surface area contributed by atoms with Crippen LogP contribution in [0.5, 0.6) is 0 Å². The van der Waals surface area contributed by atoms with Crippen molar-refractivity contribution in [3.8, 4) is 11.8 Å². The van der Waals surface area contributed by atoms with Gasteiger partial charge in [-0.1, -0.05) is 23.4 Å². The number of hydrogen-bond donors (Lipinski definition) is 2. The summed E-state index contributed by atoms with van der Waals surface area (Å²) in [6.07, 6.45) is 2.96. The van der Waals surface area contributed by atoms with Crippen molar-refractivity contribution in [1.82, 2.24) is 4.98 Å². The molecule has 4 nitrogen and oxygen atoms in total. The van der Waals surface area contributed by atoms with Crippen LogP contribution in [0.2, 0.25) is 5.02 Å². The summed E-state index contributed by atoms with van der Waals surface area (Å²) in [5.74, 6) is 4.55. The van der Waals surface area contributed by atoms with Gasteiger partial charge in [0.25, 0.3) is 5.91 Å². The molecule has 0 bridgehead atoms. The maximum Gasteiger partial charge on any atom is 0.257 e. The second-order valence-electron chi connectivity index (χ2n) is 4.01. The van der Waals surface area contributed by atoms with Gasteiger partial charge in [0.15, 0.2) is 0 Å². The number of benzene rings is 1. The number of carbonyl (C=O) groups excluding carboxylic acids is 1. The molecule has 0 radical (unpaired) electrons. The number of halogens is 2. The molecular formula is C15H11ClFN3O. The third-order valence-electron chi connectivity index (χ3n) is 2.57. The summed E-state index contributed by atoms with van der Waals surface area (Å²) < 4.78 is 13.0. The second kappa shape index (κ2) is 6.84. The number of nitrogens with one attached hydrogen (secondary N) is 1. The van der Waals surface area contributed by atoms with Gasteiger partial charge in [0.1, 0.15) is 5.82 Å². The fourth-order valence-electron chi connectivity index (χ4n) is 1.62. The van der Waals surface area contributed by atoms with E-state index < -0.39 is 11.7 Å². The SMILES string of the molecule is NCC#Cc1cnccc1C(=O)Nc1ccc(F)cc1Cl. The van der Waals surface area contributed by atoms with Crippen LogP contribution in [0.15, 0.2) is 36.7 Å². The van der Waals surface area contributed by atoms with Gasteiger partial charge in [0, 0.05) is 12.4 Å². The highest BCUT2D eigenvalue weighted by molar-refractivity contribution is 6.33. The molecule has 1 aromatic carbocycles. The molecule has 0 saturated heterocycles. The number of aromatic nitrogens is 1. The minimum absolute atomic E-state index is 0.118. The summed E-state index contributed by atoms with van der Waals surface area (Å²) in [4.78, 5) is 16.2. The molecule has 2 rings (SSSR count). The molecule has 0 spiro atoms.